The van der Waals surface area contributed by atoms with Crippen molar-refractivity contribution in [2.75, 3.05) is 26.2 Å². The number of amides is 1. The highest BCUT2D eigenvalue weighted by molar-refractivity contribution is 5.80. The second-order valence-corrected chi connectivity index (χ2v) is 6.42. The summed E-state index contributed by atoms with van der Waals surface area (Å²) in [6.45, 7) is 9.42. The van der Waals surface area contributed by atoms with Crippen molar-refractivity contribution in [3.05, 3.63) is 35.4 Å². The lowest BCUT2D eigenvalue weighted by molar-refractivity contribution is 0.0963. The Hall–Kier alpha value is -2.24. The van der Waals surface area contributed by atoms with Gasteiger partial charge in [0.05, 0.1) is 13.2 Å². The molecule has 0 bridgehead atoms. The molecule has 1 heterocycles. The fourth-order valence-corrected chi connectivity index (χ4v) is 3.16. The van der Waals surface area contributed by atoms with Crippen molar-refractivity contribution in [3.63, 3.8) is 0 Å². The predicted octanol–water partition coefficient (Wildman–Crippen LogP) is 2.93. The third-order valence-electron chi connectivity index (χ3n) is 4.61. The average Bonchev–Trinajstić information content (AvgIpc) is 2.67. The van der Waals surface area contributed by atoms with Crippen LogP contribution in [0.1, 0.15) is 44.7 Å². The molecule has 1 amide bonds. The van der Waals surface area contributed by atoms with Gasteiger partial charge in [-0.2, -0.15) is 0 Å². The van der Waals surface area contributed by atoms with Crippen LogP contribution in [-0.2, 0) is 17.7 Å². The Morgan fingerprint density at radius 1 is 1.19 bits per heavy atom. The van der Waals surface area contributed by atoms with Gasteiger partial charge in [0.2, 0.25) is 0 Å². The van der Waals surface area contributed by atoms with Crippen molar-refractivity contribution in [1.29, 1.82) is 0 Å². The number of hydrogen-bond acceptors (Lipinski definition) is 3. The summed E-state index contributed by atoms with van der Waals surface area (Å²) in [4.78, 5) is 18.3. The van der Waals surface area contributed by atoms with E-state index in [0.717, 1.165) is 31.8 Å². The van der Waals surface area contributed by atoms with Crippen LogP contribution in [-0.4, -0.2) is 49.2 Å². The molecule has 0 aliphatic carbocycles. The van der Waals surface area contributed by atoms with Gasteiger partial charge in [-0.3, -0.25) is 0 Å². The number of nitrogens with zero attached hydrogens (tertiary/aromatic N) is 2. The summed E-state index contributed by atoms with van der Waals surface area (Å²) < 4.78 is 5.08. The first-order chi connectivity index (χ1) is 12.7. The molecule has 1 aromatic carbocycles. The summed E-state index contributed by atoms with van der Waals surface area (Å²) in [6, 6.07) is 8.77. The Morgan fingerprint density at radius 3 is 2.50 bits per heavy atom. The van der Waals surface area contributed by atoms with Gasteiger partial charge in [-0.15, -0.1) is 0 Å². The highest BCUT2D eigenvalue weighted by Gasteiger charge is 2.24. The zero-order chi connectivity index (χ0) is 18.8. The Balaban J connectivity index is 1.91. The fraction of sp³-hybridized carbons (Fsp3) is 0.600. The van der Waals surface area contributed by atoms with Crippen LogP contribution in [0.25, 0.3) is 0 Å². The first-order valence-electron chi connectivity index (χ1n) is 9.71. The molecule has 144 valence electrons. The molecule has 0 saturated carbocycles. The molecule has 1 aromatic rings. The topological polar surface area (TPSA) is 66.0 Å². The molecule has 1 aliphatic heterocycles. The molecule has 1 saturated heterocycles. The third kappa shape index (κ3) is 5.93. The van der Waals surface area contributed by atoms with Gasteiger partial charge >= 0.3 is 6.09 Å². The predicted molar refractivity (Wildman–Crippen MR) is 105 cm³/mol. The van der Waals surface area contributed by atoms with Crippen LogP contribution in [0.15, 0.2) is 29.3 Å². The lowest BCUT2D eigenvalue weighted by Gasteiger charge is -2.32. The SMILES string of the molecule is CCNC(=NCc1ccccc1CC)NC1CCN(C(=O)OCC)CC1. The van der Waals surface area contributed by atoms with Gasteiger partial charge in [-0.1, -0.05) is 31.2 Å². The number of aryl methyl sites for hydroxylation is 1. The van der Waals surface area contributed by atoms with E-state index in [4.69, 9.17) is 9.73 Å². The second kappa shape index (κ2) is 10.7. The summed E-state index contributed by atoms with van der Waals surface area (Å²) in [6.07, 6.45) is 2.61. The minimum absolute atomic E-state index is 0.206. The average molecular weight is 361 g/mol. The van der Waals surface area contributed by atoms with Crippen LogP contribution >= 0.6 is 0 Å². The minimum atomic E-state index is -0.206. The highest BCUT2D eigenvalue weighted by atomic mass is 16.6. The van der Waals surface area contributed by atoms with Crippen molar-refractivity contribution >= 4 is 12.1 Å². The number of carbonyl (C=O) groups excluding carboxylic acids is 1. The number of rotatable bonds is 6. The summed E-state index contributed by atoms with van der Waals surface area (Å²) >= 11 is 0. The van der Waals surface area contributed by atoms with Gasteiger partial charge in [-0.05, 0) is 44.2 Å². The molecule has 6 heteroatoms. The number of nitrogens with one attached hydrogen (secondary N) is 2. The van der Waals surface area contributed by atoms with Gasteiger partial charge in [0.15, 0.2) is 5.96 Å². The van der Waals surface area contributed by atoms with E-state index in [2.05, 4.69) is 48.7 Å². The molecule has 2 N–H and O–H groups in total. The molecule has 6 nitrogen and oxygen atoms in total. The Labute approximate surface area is 157 Å². The maximum Gasteiger partial charge on any atom is 0.409 e. The van der Waals surface area contributed by atoms with Crippen LogP contribution in [0.3, 0.4) is 0 Å². The van der Waals surface area contributed by atoms with Crippen molar-refractivity contribution in [2.45, 2.75) is 52.6 Å². The van der Waals surface area contributed by atoms with Crippen molar-refractivity contribution in [3.8, 4) is 0 Å². The van der Waals surface area contributed by atoms with E-state index < -0.39 is 0 Å². The summed E-state index contributed by atoms with van der Waals surface area (Å²) in [7, 11) is 0. The minimum Gasteiger partial charge on any atom is -0.450 e. The van der Waals surface area contributed by atoms with E-state index in [9.17, 15) is 4.79 Å². The van der Waals surface area contributed by atoms with Gasteiger partial charge in [0.25, 0.3) is 0 Å². The van der Waals surface area contributed by atoms with E-state index in [-0.39, 0.29) is 6.09 Å². The first-order valence-corrected chi connectivity index (χ1v) is 9.71. The van der Waals surface area contributed by atoms with Crippen molar-refractivity contribution in [1.82, 2.24) is 15.5 Å². The number of likely N-dealkylation sites (tertiary alicyclic amines) is 1. The van der Waals surface area contributed by atoms with E-state index in [1.54, 1.807) is 4.90 Å². The van der Waals surface area contributed by atoms with Crippen molar-refractivity contribution < 1.29 is 9.53 Å². The van der Waals surface area contributed by atoms with Gasteiger partial charge in [0, 0.05) is 25.7 Å². The molecular formula is C20H32N4O2. The molecular weight excluding hydrogens is 328 g/mol. The summed E-state index contributed by atoms with van der Waals surface area (Å²) in [5.74, 6) is 0.841. The van der Waals surface area contributed by atoms with E-state index >= 15 is 0 Å². The Bertz CT molecular complexity index is 595. The van der Waals surface area contributed by atoms with E-state index in [1.807, 2.05) is 6.92 Å². The van der Waals surface area contributed by atoms with Crippen LogP contribution in [0.5, 0.6) is 0 Å². The van der Waals surface area contributed by atoms with E-state index in [0.29, 0.717) is 32.3 Å². The second-order valence-electron chi connectivity index (χ2n) is 6.42. The fourth-order valence-electron chi connectivity index (χ4n) is 3.16. The first kappa shape index (κ1) is 20.1. The number of piperidine rings is 1. The third-order valence-corrected chi connectivity index (χ3v) is 4.61. The molecule has 1 aliphatic rings. The molecule has 1 fully saturated rings. The maximum absolute atomic E-state index is 11.8. The molecule has 26 heavy (non-hydrogen) atoms. The molecule has 0 unspecified atom stereocenters. The largest absolute Gasteiger partial charge is 0.450 e. The molecule has 0 spiro atoms. The highest BCUT2D eigenvalue weighted by Crippen LogP contribution is 2.13. The smallest absolute Gasteiger partial charge is 0.409 e. The zero-order valence-electron chi connectivity index (χ0n) is 16.3. The Morgan fingerprint density at radius 2 is 1.88 bits per heavy atom. The maximum atomic E-state index is 11.8. The number of guanidine groups is 1. The van der Waals surface area contributed by atoms with Gasteiger partial charge < -0.3 is 20.3 Å². The number of ether oxygens (including phenoxy) is 1. The molecule has 0 aromatic heterocycles. The van der Waals surface area contributed by atoms with Gasteiger partial charge in [-0.25, -0.2) is 9.79 Å². The zero-order valence-corrected chi connectivity index (χ0v) is 16.3. The molecule has 0 atom stereocenters. The molecule has 2 rings (SSSR count). The number of aliphatic imine (C=N–C) groups is 1. The summed E-state index contributed by atoms with van der Waals surface area (Å²) in [5, 5.41) is 6.84. The van der Waals surface area contributed by atoms with Crippen molar-refractivity contribution in [2.24, 2.45) is 4.99 Å². The van der Waals surface area contributed by atoms with Gasteiger partial charge in [0.1, 0.15) is 0 Å². The lowest BCUT2D eigenvalue weighted by atomic mass is 10.1. The monoisotopic (exact) mass is 360 g/mol. The molecule has 0 radical (unpaired) electrons. The standard InChI is InChI=1S/C20H32N4O2/c1-4-16-9-7-8-10-17(16)15-22-19(21-5-2)23-18-11-13-24(14-12-18)20(25)26-6-3/h7-10,18H,4-6,11-15H2,1-3H3,(H2,21,22,23). The number of hydrogen-bond donors (Lipinski definition) is 2. The Kier molecular flexibility index (Phi) is 8.25. The van der Waals surface area contributed by atoms with Crippen LogP contribution in [0.2, 0.25) is 0 Å². The van der Waals surface area contributed by atoms with Crippen LogP contribution in [0, 0.1) is 0 Å². The number of benzene rings is 1. The van der Waals surface area contributed by atoms with E-state index in [1.165, 1.54) is 11.1 Å². The van der Waals surface area contributed by atoms with Crippen LogP contribution < -0.4 is 10.6 Å². The van der Waals surface area contributed by atoms with Crippen LogP contribution in [0.4, 0.5) is 4.79 Å². The summed E-state index contributed by atoms with van der Waals surface area (Å²) in [5.41, 5.74) is 2.61. The lowest BCUT2D eigenvalue weighted by Crippen LogP contribution is -2.49. The number of carbonyl (C=O) groups is 1. The normalized spacial score (nSPS) is 15.7. The quantitative estimate of drug-likeness (QED) is 0.605.